The number of hydrogen-bond donors (Lipinski definition) is 0. The predicted molar refractivity (Wildman–Crippen MR) is 201 cm³/mol. The highest BCUT2D eigenvalue weighted by Crippen LogP contribution is 2.37. The molecule has 0 bridgehead atoms. The van der Waals surface area contributed by atoms with Crippen LogP contribution in [0, 0.1) is 0 Å². The Bertz CT molecular complexity index is 2210. The molecule has 3 heteroatoms. The second-order valence-electron chi connectivity index (χ2n) is 10.2. The van der Waals surface area contributed by atoms with Crippen molar-refractivity contribution in [2.45, 2.75) is 27.7 Å². The van der Waals surface area contributed by atoms with Crippen molar-refractivity contribution in [3.63, 3.8) is 0 Å². The summed E-state index contributed by atoms with van der Waals surface area (Å²) in [6.07, 6.45) is 7.29. The minimum atomic E-state index is 0.978. The third kappa shape index (κ3) is 6.13. The summed E-state index contributed by atoms with van der Waals surface area (Å²) in [4.78, 5) is 4.58. The highest BCUT2D eigenvalue weighted by molar-refractivity contribution is 6.15. The number of fused-ring (bicyclic) bond motifs is 5. The average molecular weight is 600 g/mol. The first-order valence-electron chi connectivity index (χ1n) is 16.0. The van der Waals surface area contributed by atoms with Crippen molar-refractivity contribution in [1.82, 2.24) is 14.1 Å². The lowest BCUT2D eigenvalue weighted by Crippen LogP contribution is -1.95. The van der Waals surface area contributed by atoms with E-state index >= 15 is 0 Å². The van der Waals surface area contributed by atoms with Crippen LogP contribution in [-0.2, 0) is 0 Å². The zero-order chi connectivity index (χ0) is 32.5. The molecule has 3 aromatic heterocycles. The second-order valence-corrected chi connectivity index (χ2v) is 10.2. The maximum atomic E-state index is 4.58. The van der Waals surface area contributed by atoms with Crippen LogP contribution in [0.5, 0.6) is 0 Å². The van der Waals surface area contributed by atoms with Crippen LogP contribution in [0.3, 0.4) is 0 Å². The minimum Gasteiger partial charge on any atom is -0.317 e. The standard InChI is InChI=1S/C35H23N3.C4H6.2C2H6/c1-2-10-28(11-3-1)37-18-16-25-19-26-23-35-31(21-27(26)22-34(25)37)30-13-4-5-15-33(30)38(35)29-12-8-9-24(20-29)32-14-6-7-17-36-32;1-3-4-2;2*1-2/h1-23H;3-4H,1-2H2;2*1-2H3. The van der Waals surface area contributed by atoms with Gasteiger partial charge in [-0.1, -0.05) is 108 Å². The summed E-state index contributed by atoms with van der Waals surface area (Å²) in [6, 6.07) is 45.5. The van der Waals surface area contributed by atoms with Crippen LogP contribution in [0.1, 0.15) is 27.7 Å². The minimum absolute atomic E-state index is 0.978. The molecule has 0 aliphatic rings. The Hall–Kier alpha value is -5.67. The van der Waals surface area contributed by atoms with E-state index in [1.165, 1.54) is 49.2 Å². The summed E-state index contributed by atoms with van der Waals surface area (Å²) in [5.74, 6) is 0. The first-order valence-corrected chi connectivity index (χ1v) is 16.0. The van der Waals surface area contributed by atoms with E-state index in [0.717, 1.165) is 16.9 Å². The molecule has 0 atom stereocenters. The Morgan fingerprint density at radius 2 is 1.20 bits per heavy atom. The van der Waals surface area contributed by atoms with E-state index in [1.807, 2.05) is 46.0 Å². The van der Waals surface area contributed by atoms with Crippen LogP contribution in [0.15, 0.2) is 165 Å². The third-order valence-corrected chi connectivity index (χ3v) is 7.71. The van der Waals surface area contributed by atoms with E-state index in [2.05, 4.69) is 149 Å². The number of nitrogens with zero attached hydrogens (tertiary/aromatic N) is 3. The molecule has 0 aliphatic heterocycles. The lowest BCUT2D eigenvalue weighted by molar-refractivity contribution is 1.13. The van der Waals surface area contributed by atoms with Crippen LogP contribution >= 0.6 is 0 Å². The van der Waals surface area contributed by atoms with Gasteiger partial charge < -0.3 is 9.13 Å². The van der Waals surface area contributed by atoms with Crippen molar-refractivity contribution in [1.29, 1.82) is 0 Å². The smallest absolute Gasteiger partial charge is 0.0702 e. The van der Waals surface area contributed by atoms with E-state index in [1.54, 1.807) is 12.2 Å². The molecule has 0 N–H and O–H groups in total. The van der Waals surface area contributed by atoms with Gasteiger partial charge in [-0.3, -0.25) is 4.98 Å². The molecule has 0 saturated heterocycles. The molecule has 0 amide bonds. The SMILES string of the molecule is C=CC=C.CC.CC.c1ccc(-n2ccc3cc4cc5c(cc4cc32)c2ccccc2n5-c2cccc(-c3ccccn3)c2)cc1. The van der Waals surface area contributed by atoms with Crippen molar-refractivity contribution in [2.75, 3.05) is 0 Å². The molecule has 0 saturated carbocycles. The Kier molecular flexibility index (Phi) is 10.3. The fraction of sp³-hybridized carbons (Fsp3) is 0.0930. The molecule has 3 nitrogen and oxygen atoms in total. The summed E-state index contributed by atoms with van der Waals surface area (Å²) >= 11 is 0. The molecule has 8 rings (SSSR count). The van der Waals surface area contributed by atoms with Gasteiger partial charge in [-0.05, 0) is 83.6 Å². The largest absolute Gasteiger partial charge is 0.317 e. The van der Waals surface area contributed by atoms with Crippen molar-refractivity contribution >= 4 is 43.5 Å². The molecule has 8 aromatic rings. The van der Waals surface area contributed by atoms with Gasteiger partial charge >= 0.3 is 0 Å². The van der Waals surface area contributed by atoms with Crippen molar-refractivity contribution in [3.05, 3.63) is 165 Å². The summed E-state index contributed by atoms with van der Waals surface area (Å²) in [7, 11) is 0. The number of hydrogen-bond acceptors (Lipinski definition) is 1. The van der Waals surface area contributed by atoms with E-state index in [9.17, 15) is 0 Å². The van der Waals surface area contributed by atoms with E-state index in [-0.39, 0.29) is 0 Å². The van der Waals surface area contributed by atoms with E-state index < -0.39 is 0 Å². The molecule has 0 spiro atoms. The van der Waals surface area contributed by atoms with Gasteiger partial charge in [0.15, 0.2) is 0 Å². The molecular weight excluding hydrogens is 558 g/mol. The van der Waals surface area contributed by atoms with Gasteiger partial charge in [-0.25, -0.2) is 0 Å². The summed E-state index contributed by atoms with van der Waals surface area (Å²) in [5.41, 5.74) is 8.02. The molecule has 0 radical (unpaired) electrons. The first-order chi connectivity index (χ1) is 22.7. The van der Waals surface area contributed by atoms with Crippen LogP contribution in [0.4, 0.5) is 0 Å². The monoisotopic (exact) mass is 599 g/mol. The van der Waals surface area contributed by atoms with E-state index in [0.29, 0.717) is 0 Å². The molecule has 0 fully saturated rings. The van der Waals surface area contributed by atoms with Gasteiger partial charge in [0.2, 0.25) is 0 Å². The van der Waals surface area contributed by atoms with Crippen LogP contribution in [0.25, 0.3) is 66.1 Å². The third-order valence-electron chi connectivity index (χ3n) is 7.71. The Balaban J connectivity index is 0.000000478. The molecular formula is C43H41N3. The van der Waals surface area contributed by atoms with Crippen molar-refractivity contribution in [2.24, 2.45) is 0 Å². The number of rotatable bonds is 4. The Morgan fingerprint density at radius 3 is 1.93 bits per heavy atom. The lowest BCUT2D eigenvalue weighted by atomic mass is 10.0. The van der Waals surface area contributed by atoms with Gasteiger partial charge in [0, 0.05) is 45.5 Å². The molecule has 0 aliphatic carbocycles. The van der Waals surface area contributed by atoms with E-state index in [4.69, 9.17) is 0 Å². The summed E-state index contributed by atoms with van der Waals surface area (Å²) in [6.45, 7) is 14.7. The van der Waals surface area contributed by atoms with Crippen molar-refractivity contribution in [3.8, 4) is 22.6 Å². The highest BCUT2D eigenvalue weighted by Gasteiger charge is 2.15. The maximum absolute atomic E-state index is 4.58. The molecule has 5 aromatic carbocycles. The number of benzene rings is 5. The zero-order valence-electron chi connectivity index (χ0n) is 27.2. The van der Waals surface area contributed by atoms with Crippen LogP contribution in [0.2, 0.25) is 0 Å². The Morgan fingerprint density at radius 1 is 0.522 bits per heavy atom. The number of pyridine rings is 1. The van der Waals surface area contributed by atoms with Gasteiger partial charge in [0.25, 0.3) is 0 Å². The molecule has 3 heterocycles. The Labute approximate surface area is 272 Å². The maximum Gasteiger partial charge on any atom is 0.0702 e. The highest BCUT2D eigenvalue weighted by atomic mass is 15.0. The first kappa shape index (κ1) is 31.7. The fourth-order valence-electron chi connectivity index (χ4n) is 5.78. The number of para-hydroxylation sites is 2. The molecule has 46 heavy (non-hydrogen) atoms. The number of aromatic nitrogens is 3. The topological polar surface area (TPSA) is 22.8 Å². The fourth-order valence-corrected chi connectivity index (χ4v) is 5.78. The quantitative estimate of drug-likeness (QED) is 0.185. The molecule has 228 valence electrons. The zero-order valence-corrected chi connectivity index (χ0v) is 27.2. The lowest BCUT2D eigenvalue weighted by Gasteiger charge is -2.11. The van der Waals surface area contributed by atoms with Crippen LogP contribution in [-0.4, -0.2) is 14.1 Å². The van der Waals surface area contributed by atoms with Crippen molar-refractivity contribution < 1.29 is 0 Å². The van der Waals surface area contributed by atoms with Gasteiger partial charge in [-0.15, -0.1) is 0 Å². The van der Waals surface area contributed by atoms with Gasteiger partial charge in [0.1, 0.15) is 0 Å². The average Bonchev–Trinajstić information content (AvgIpc) is 3.70. The predicted octanol–water partition coefficient (Wildman–Crippen LogP) is 12.4. The summed E-state index contributed by atoms with van der Waals surface area (Å²) in [5, 5.41) is 6.23. The van der Waals surface area contributed by atoms with Gasteiger partial charge in [0.05, 0.1) is 22.2 Å². The summed E-state index contributed by atoms with van der Waals surface area (Å²) < 4.78 is 4.65. The number of allylic oxidation sites excluding steroid dienone is 2. The van der Waals surface area contributed by atoms with Crippen LogP contribution < -0.4 is 0 Å². The second kappa shape index (κ2) is 14.9. The molecule has 0 unspecified atom stereocenters. The van der Waals surface area contributed by atoms with Gasteiger partial charge in [-0.2, -0.15) is 0 Å². The normalized spacial score (nSPS) is 10.3.